The molecule has 7 heteroatoms. The van der Waals surface area contributed by atoms with Crippen LogP contribution in [0.2, 0.25) is 0 Å². The van der Waals surface area contributed by atoms with Crippen LogP contribution in [-0.2, 0) is 4.79 Å². The summed E-state index contributed by atoms with van der Waals surface area (Å²) in [5.41, 5.74) is 0.799. The fraction of sp³-hybridized carbons (Fsp3) is 0.333. The standard InChI is InChI=1S/C15H17N3O4/c1-15(2,3)13(14(19)20)17-8-12(16-9-17)10-4-6-11(7-5-10)18(21)22/h4-9,13H,1-3H3,(H,19,20). The molecule has 1 atom stereocenters. The minimum absolute atomic E-state index is 0.00119. The molecule has 1 aromatic heterocycles. The number of benzene rings is 1. The molecule has 0 bridgehead atoms. The number of aliphatic carboxylic acids is 1. The molecule has 0 spiro atoms. The lowest BCUT2D eigenvalue weighted by molar-refractivity contribution is -0.384. The molecule has 7 nitrogen and oxygen atoms in total. The van der Waals surface area contributed by atoms with Crippen molar-refractivity contribution in [1.29, 1.82) is 0 Å². The molecule has 1 N–H and O–H groups in total. The van der Waals surface area contributed by atoms with Gasteiger partial charge in [0, 0.05) is 23.9 Å². The Kier molecular flexibility index (Phi) is 3.99. The van der Waals surface area contributed by atoms with Crippen LogP contribution in [0.25, 0.3) is 11.3 Å². The molecule has 2 rings (SSSR count). The number of carboxylic acids is 1. The van der Waals surface area contributed by atoms with Crippen LogP contribution >= 0.6 is 0 Å². The Morgan fingerprint density at radius 2 is 1.91 bits per heavy atom. The maximum Gasteiger partial charge on any atom is 0.327 e. The Morgan fingerprint density at radius 1 is 1.32 bits per heavy atom. The Balaban J connectivity index is 2.35. The van der Waals surface area contributed by atoms with Gasteiger partial charge in [0.25, 0.3) is 5.69 Å². The summed E-state index contributed by atoms with van der Waals surface area (Å²) in [5.74, 6) is -0.930. The van der Waals surface area contributed by atoms with Crippen molar-refractivity contribution < 1.29 is 14.8 Å². The lowest BCUT2D eigenvalue weighted by Crippen LogP contribution is -2.30. The van der Waals surface area contributed by atoms with Crippen molar-refractivity contribution in [3.05, 3.63) is 46.9 Å². The molecule has 1 heterocycles. The van der Waals surface area contributed by atoms with Gasteiger partial charge in [-0.2, -0.15) is 0 Å². The van der Waals surface area contributed by atoms with Crippen LogP contribution in [0, 0.1) is 15.5 Å². The first kappa shape index (κ1) is 15.7. The highest BCUT2D eigenvalue weighted by atomic mass is 16.6. The largest absolute Gasteiger partial charge is 0.480 e. The monoisotopic (exact) mass is 303 g/mol. The number of non-ortho nitro benzene ring substituents is 1. The fourth-order valence-electron chi connectivity index (χ4n) is 2.33. The summed E-state index contributed by atoms with van der Waals surface area (Å²) in [6.45, 7) is 5.53. The molecular weight excluding hydrogens is 286 g/mol. The summed E-state index contributed by atoms with van der Waals surface area (Å²) in [6, 6.07) is 5.24. The lowest BCUT2D eigenvalue weighted by atomic mass is 9.86. The van der Waals surface area contributed by atoms with Gasteiger partial charge in [-0.15, -0.1) is 0 Å². The van der Waals surface area contributed by atoms with Crippen LogP contribution < -0.4 is 0 Å². The summed E-state index contributed by atoms with van der Waals surface area (Å²) in [4.78, 5) is 25.9. The molecule has 0 saturated carbocycles. The fourth-order valence-corrected chi connectivity index (χ4v) is 2.33. The summed E-state index contributed by atoms with van der Waals surface area (Å²) in [5, 5.41) is 20.1. The van der Waals surface area contributed by atoms with Crippen molar-refractivity contribution in [3.63, 3.8) is 0 Å². The third-order valence-electron chi connectivity index (χ3n) is 3.33. The summed E-state index contributed by atoms with van der Waals surface area (Å²) in [6.07, 6.45) is 3.12. The van der Waals surface area contributed by atoms with E-state index in [1.54, 1.807) is 22.9 Å². The number of nitro benzene ring substituents is 1. The Labute approximate surface area is 127 Å². The van der Waals surface area contributed by atoms with Crippen LogP contribution in [0.15, 0.2) is 36.8 Å². The number of nitrogens with zero attached hydrogens (tertiary/aromatic N) is 3. The Morgan fingerprint density at radius 3 is 2.36 bits per heavy atom. The predicted octanol–water partition coefficient (Wildman–Crippen LogP) is 3.13. The van der Waals surface area contributed by atoms with Crippen molar-refractivity contribution in [3.8, 4) is 11.3 Å². The van der Waals surface area contributed by atoms with Crippen molar-refractivity contribution in [2.75, 3.05) is 0 Å². The van der Waals surface area contributed by atoms with Gasteiger partial charge < -0.3 is 9.67 Å². The average Bonchev–Trinajstić information content (AvgIpc) is 2.85. The van der Waals surface area contributed by atoms with Crippen molar-refractivity contribution in [2.45, 2.75) is 26.8 Å². The van der Waals surface area contributed by atoms with Crippen LogP contribution in [0.5, 0.6) is 0 Å². The van der Waals surface area contributed by atoms with Crippen LogP contribution in [0.1, 0.15) is 26.8 Å². The molecular formula is C15H17N3O4. The minimum Gasteiger partial charge on any atom is -0.480 e. The first-order valence-electron chi connectivity index (χ1n) is 6.71. The molecule has 0 amide bonds. The maximum atomic E-state index is 11.5. The van der Waals surface area contributed by atoms with Crippen LogP contribution in [0.4, 0.5) is 5.69 Å². The highest BCUT2D eigenvalue weighted by molar-refractivity contribution is 5.73. The number of hydrogen-bond acceptors (Lipinski definition) is 4. The Hall–Kier alpha value is -2.70. The molecule has 116 valence electrons. The number of aromatic nitrogens is 2. The first-order chi connectivity index (χ1) is 10.2. The third-order valence-corrected chi connectivity index (χ3v) is 3.33. The van der Waals surface area contributed by atoms with Gasteiger partial charge in [0.2, 0.25) is 0 Å². The zero-order chi connectivity index (χ0) is 16.5. The number of rotatable bonds is 4. The number of carboxylic acid groups (broad SMARTS) is 1. The van der Waals surface area contributed by atoms with Crippen molar-refractivity contribution >= 4 is 11.7 Å². The number of imidazole rings is 1. The van der Waals surface area contributed by atoms with E-state index in [1.807, 2.05) is 20.8 Å². The van der Waals surface area contributed by atoms with Gasteiger partial charge in [-0.25, -0.2) is 9.78 Å². The second-order valence-corrected chi connectivity index (χ2v) is 6.12. The highest BCUT2D eigenvalue weighted by Gasteiger charge is 2.32. The minimum atomic E-state index is -0.930. The molecule has 0 fully saturated rings. The molecule has 22 heavy (non-hydrogen) atoms. The average molecular weight is 303 g/mol. The molecule has 0 aliphatic carbocycles. The molecule has 0 aliphatic heterocycles. The van der Waals surface area contributed by atoms with E-state index in [0.717, 1.165) is 0 Å². The predicted molar refractivity (Wildman–Crippen MR) is 80.4 cm³/mol. The van der Waals surface area contributed by atoms with E-state index in [1.165, 1.54) is 18.5 Å². The zero-order valence-electron chi connectivity index (χ0n) is 12.6. The first-order valence-corrected chi connectivity index (χ1v) is 6.71. The topological polar surface area (TPSA) is 98.3 Å². The Bertz CT molecular complexity index is 698. The van der Waals surface area contributed by atoms with Gasteiger partial charge in [0.05, 0.1) is 16.9 Å². The van der Waals surface area contributed by atoms with E-state index in [-0.39, 0.29) is 5.69 Å². The van der Waals surface area contributed by atoms with Gasteiger partial charge >= 0.3 is 5.97 Å². The van der Waals surface area contributed by atoms with Crippen molar-refractivity contribution in [2.24, 2.45) is 5.41 Å². The number of hydrogen-bond donors (Lipinski definition) is 1. The van der Waals surface area contributed by atoms with Gasteiger partial charge in [-0.05, 0) is 17.5 Å². The van der Waals surface area contributed by atoms with E-state index in [4.69, 9.17) is 0 Å². The molecule has 1 unspecified atom stereocenters. The molecule has 0 saturated heterocycles. The second-order valence-electron chi connectivity index (χ2n) is 6.12. The normalized spacial score (nSPS) is 12.9. The highest BCUT2D eigenvalue weighted by Crippen LogP contribution is 2.32. The van der Waals surface area contributed by atoms with Gasteiger partial charge in [0.15, 0.2) is 0 Å². The van der Waals surface area contributed by atoms with Gasteiger partial charge in [-0.3, -0.25) is 10.1 Å². The molecule has 2 aromatic rings. The van der Waals surface area contributed by atoms with Crippen LogP contribution in [-0.4, -0.2) is 25.6 Å². The molecule has 1 aromatic carbocycles. The zero-order valence-corrected chi connectivity index (χ0v) is 12.6. The van der Waals surface area contributed by atoms with E-state index >= 15 is 0 Å². The van der Waals surface area contributed by atoms with E-state index in [9.17, 15) is 20.0 Å². The number of nitro groups is 1. The summed E-state index contributed by atoms with van der Waals surface area (Å²) < 4.78 is 1.55. The van der Waals surface area contributed by atoms with Gasteiger partial charge in [0.1, 0.15) is 6.04 Å². The second kappa shape index (κ2) is 5.59. The number of carbonyl (C=O) groups is 1. The summed E-state index contributed by atoms with van der Waals surface area (Å²) in [7, 11) is 0. The molecule has 0 aliphatic rings. The summed E-state index contributed by atoms with van der Waals surface area (Å²) >= 11 is 0. The smallest absolute Gasteiger partial charge is 0.327 e. The molecule has 0 radical (unpaired) electrons. The quantitative estimate of drug-likeness (QED) is 0.691. The lowest BCUT2D eigenvalue weighted by Gasteiger charge is -2.27. The van der Waals surface area contributed by atoms with Crippen molar-refractivity contribution in [1.82, 2.24) is 9.55 Å². The SMILES string of the molecule is CC(C)(C)C(C(=O)O)n1cnc(-c2ccc([N+](=O)[O-])cc2)c1. The van der Waals surface area contributed by atoms with Gasteiger partial charge in [-0.1, -0.05) is 20.8 Å². The van der Waals surface area contributed by atoms with E-state index in [0.29, 0.717) is 11.3 Å². The van der Waals surface area contributed by atoms with E-state index < -0.39 is 22.3 Å². The van der Waals surface area contributed by atoms with E-state index in [2.05, 4.69) is 4.98 Å². The third kappa shape index (κ3) is 3.13. The van der Waals surface area contributed by atoms with Crippen LogP contribution in [0.3, 0.4) is 0 Å². The maximum absolute atomic E-state index is 11.5.